The molecule has 0 radical (unpaired) electrons. The Bertz CT molecular complexity index is 461. The number of piperidine rings is 2. The van der Waals surface area contributed by atoms with E-state index in [1.165, 1.54) is 37.9 Å². The van der Waals surface area contributed by atoms with Gasteiger partial charge in [0.2, 0.25) is 0 Å². The zero-order valence-electron chi connectivity index (χ0n) is 13.2. The number of hydrogen-bond acceptors (Lipinski definition) is 2. The first-order valence-corrected chi connectivity index (χ1v) is 8.31. The SMILES string of the molecule is CC(C)N1CCC2(CCNCC2c2ccc(F)cc2)CC1. The molecule has 2 aliphatic rings. The van der Waals surface area contributed by atoms with Crippen LogP contribution in [0.4, 0.5) is 4.39 Å². The molecule has 2 aliphatic heterocycles. The van der Waals surface area contributed by atoms with Gasteiger partial charge < -0.3 is 10.2 Å². The molecular weight excluding hydrogens is 263 g/mol. The molecule has 21 heavy (non-hydrogen) atoms. The topological polar surface area (TPSA) is 15.3 Å². The lowest BCUT2D eigenvalue weighted by Crippen LogP contribution is -2.51. The van der Waals surface area contributed by atoms with E-state index in [4.69, 9.17) is 0 Å². The van der Waals surface area contributed by atoms with Gasteiger partial charge in [-0.05, 0) is 75.9 Å². The van der Waals surface area contributed by atoms with Gasteiger partial charge in [-0.15, -0.1) is 0 Å². The number of hydrogen-bond donors (Lipinski definition) is 1. The largest absolute Gasteiger partial charge is 0.316 e. The summed E-state index contributed by atoms with van der Waals surface area (Å²) >= 11 is 0. The Hall–Kier alpha value is -0.930. The Morgan fingerprint density at radius 2 is 1.81 bits per heavy atom. The molecule has 1 atom stereocenters. The fraction of sp³-hybridized carbons (Fsp3) is 0.667. The first-order chi connectivity index (χ1) is 10.1. The maximum atomic E-state index is 13.2. The first kappa shape index (κ1) is 15.0. The van der Waals surface area contributed by atoms with Crippen molar-refractivity contribution in [2.75, 3.05) is 26.2 Å². The van der Waals surface area contributed by atoms with E-state index in [-0.39, 0.29) is 5.82 Å². The van der Waals surface area contributed by atoms with Gasteiger partial charge in [0.25, 0.3) is 0 Å². The molecule has 1 spiro atoms. The normalized spacial score (nSPS) is 26.4. The van der Waals surface area contributed by atoms with E-state index in [1.807, 2.05) is 12.1 Å². The van der Waals surface area contributed by atoms with Crippen LogP contribution in [0, 0.1) is 11.2 Å². The fourth-order valence-electron chi connectivity index (χ4n) is 4.23. The Balaban J connectivity index is 1.80. The molecule has 0 saturated carbocycles. The molecule has 116 valence electrons. The zero-order chi connectivity index (χ0) is 14.9. The summed E-state index contributed by atoms with van der Waals surface area (Å²) in [5, 5.41) is 3.55. The monoisotopic (exact) mass is 290 g/mol. The minimum absolute atomic E-state index is 0.133. The summed E-state index contributed by atoms with van der Waals surface area (Å²) in [5.41, 5.74) is 1.72. The van der Waals surface area contributed by atoms with E-state index in [2.05, 4.69) is 24.1 Å². The van der Waals surface area contributed by atoms with E-state index in [9.17, 15) is 4.39 Å². The Morgan fingerprint density at radius 1 is 1.14 bits per heavy atom. The Labute approximate surface area is 127 Å². The summed E-state index contributed by atoms with van der Waals surface area (Å²) in [7, 11) is 0. The van der Waals surface area contributed by atoms with Crippen LogP contribution in [0.3, 0.4) is 0 Å². The zero-order valence-corrected chi connectivity index (χ0v) is 13.2. The summed E-state index contributed by atoms with van der Waals surface area (Å²) in [6.07, 6.45) is 3.80. The molecule has 0 aliphatic carbocycles. The summed E-state index contributed by atoms with van der Waals surface area (Å²) in [5.74, 6) is 0.396. The number of halogens is 1. The summed E-state index contributed by atoms with van der Waals surface area (Å²) in [6.45, 7) is 9.15. The van der Waals surface area contributed by atoms with Gasteiger partial charge in [0, 0.05) is 18.5 Å². The van der Waals surface area contributed by atoms with Crippen molar-refractivity contribution in [2.45, 2.75) is 45.1 Å². The van der Waals surface area contributed by atoms with Gasteiger partial charge in [-0.3, -0.25) is 0 Å². The van der Waals surface area contributed by atoms with Crippen molar-refractivity contribution in [1.82, 2.24) is 10.2 Å². The molecule has 1 unspecified atom stereocenters. The van der Waals surface area contributed by atoms with Crippen LogP contribution in [0.5, 0.6) is 0 Å². The lowest BCUT2D eigenvalue weighted by molar-refractivity contribution is 0.0406. The van der Waals surface area contributed by atoms with Crippen LogP contribution in [0.2, 0.25) is 0 Å². The van der Waals surface area contributed by atoms with E-state index < -0.39 is 0 Å². The maximum Gasteiger partial charge on any atom is 0.123 e. The molecule has 1 aromatic rings. The highest BCUT2D eigenvalue weighted by Crippen LogP contribution is 2.48. The van der Waals surface area contributed by atoms with Gasteiger partial charge in [-0.2, -0.15) is 0 Å². The minimum Gasteiger partial charge on any atom is -0.316 e. The van der Waals surface area contributed by atoms with Gasteiger partial charge >= 0.3 is 0 Å². The quantitative estimate of drug-likeness (QED) is 0.898. The van der Waals surface area contributed by atoms with Crippen molar-refractivity contribution in [1.29, 1.82) is 0 Å². The first-order valence-electron chi connectivity index (χ1n) is 8.31. The number of rotatable bonds is 2. The van der Waals surface area contributed by atoms with Gasteiger partial charge in [0.1, 0.15) is 5.82 Å². The highest BCUT2D eigenvalue weighted by atomic mass is 19.1. The molecule has 0 aromatic heterocycles. The lowest BCUT2D eigenvalue weighted by atomic mass is 9.62. The molecule has 2 saturated heterocycles. The molecule has 1 aromatic carbocycles. The van der Waals surface area contributed by atoms with E-state index in [0.29, 0.717) is 17.4 Å². The summed E-state index contributed by atoms with van der Waals surface area (Å²) in [4.78, 5) is 2.59. The number of nitrogens with zero attached hydrogens (tertiary/aromatic N) is 1. The third kappa shape index (κ3) is 3.00. The van der Waals surface area contributed by atoms with Crippen molar-refractivity contribution in [2.24, 2.45) is 5.41 Å². The van der Waals surface area contributed by atoms with Crippen LogP contribution in [0.25, 0.3) is 0 Å². The molecule has 2 nitrogen and oxygen atoms in total. The second-order valence-corrected chi connectivity index (χ2v) is 7.05. The average molecular weight is 290 g/mol. The third-order valence-corrected chi connectivity index (χ3v) is 5.68. The number of benzene rings is 1. The van der Waals surface area contributed by atoms with Crippen molar-refractivity contribution in [3.8, 4) is 0 Å². The smallest absolute Gasteiger partial charge is 0.123 e. The minimum atomic E-state index is -0.133. The third-order valence-electron chi connectivity index (χ3n) is 5.68. The molecule has 1 N–H and O–H groups in total. The molecule has 3 heteroatoms. The Kier molecular flexibility index (Phi) is 4.32. The Morgan fingerprint density at radius 3 is 2.43 bits per heavy atom. The van der Waals surface area contributed by atoms with Crippen molar-refractivity contribution in [3.05, 3.63) is 35.6 Å². The van der Waals surface area contributed by atoms with Crippen LogP contribution in [0.1, 0.15) is 44.6 Å². The van der Waals surface area contributed by atoms with Crippen LogP contribution in [-0.2, 0) is 0 Å². The predicted octanol–water partition coefficient (Wildman–Crippen LogP) is 3.39. The molecule has 0 amide bonds. The van der Waals surface area contributed by atoms with E-state index >= 15 is 0 Å². The summed E-state index contributed by atoms with van der Waals surface area (Å²) < 4.78 is 13.2. The van der Waals surface area contributed by atoms with E-state index in [1.54, 1.807) is 12.1 Å². The molecule has 3 rings (SSSR count). The van der Waals surface area contributed by atoms with Crippen LogP contribution >= 0.6 is 0 Å². The second-order valence-electron chi connectivity index (χ2n) is 7.05. The van der Waals surface area contributed by atoms with Gasteiger partial charge in [-0.25, -0.2) is 4.39 Å². The average Bonchev–Trinajstić information content (AvgIpc) is 2.49. The fourth-order valence-corrected chi connectivity index (χ4v) is 4.23. The molecule has 2 heterocycles. The van der Waals surface area contributed by atoms with Crippen LogP contribution in [-0.4, -0.2) is 37.1 Å². The number of nitrogens with one attached hydrogen (secondary N) is 1. The van der Waals surface area contributed by atoms with Gasteiger partial charge in [0.15, 0.2) is 0 Å². The van der Waals surface area contributed by atoms with Crippen molar-refractivity contribution >= 4 is 0 Å². The molecule has 0 bridgehead atoms. The van der Waals surface area contributed by atoms with Crippen molar-refractivity contribution in [3.63, 3.8) is 0 Å². The second kappa shape index (κ2) is 6.05. The summed E-state index contributed by atoms with van der Waals surface area (Å²) in [6, 6.07) is 7.85. The van der Waals surface area contributed by atoms with Gasteiger partial charge in [-0.1, -0.05) is 12.1 Å². The van der Waals surface area contributed by atoms with Gasteiger partial charge in [0.05, 0.1) is 0 Å². The van der Waals surface area contributed by atoms with Crippen molar-refractivity contribution < 1.29 is 4.39 Å². The number of likely N-dealkylation sites (tertiary alicyclic amines) is 1. The molecular formula is C18H27FN2. The lowest BCUT2D eigenvalue weighted by Gasteiger charge is -2.50. The highest BCUT2D eigenvalue weighted by molar-refractivity contribution is 5.25. The maximum absolute atomic E-state index is 13.2. The molecule has 2 fully saturated rings. The highest BCUT2D eigenvalue weighted by Gasteiger charge is 2.43. The van der Waals surface area contributed by atoms with E-state index in [0.717, 1.165) is 13.1 Å². The van der Waals surface area contributed by atoms with Crippen LogP contribution in [0.15, 0.2) is 24.3 Å². The van der Waals surface area contributed by atoms with Crippen LogP contribution < -0.4 is 5.32 Å². The standard InChI is InChI=1S/C18H27FN2/c1-14(2)21-11-8-18(9-12-21)7-10-20-13-17(18)15-3-5-16(19)6-4-15/h3-6,14,17,20H,7-13H2,1-2H3. The predicted molar refractivity (Wildman–Crippen MR) is 85.0 cm³/mol.